The molecular weight excluding hydrogens is 212 g/mol. The van der Waals surface area contributed by atoms with Gasteiger partial charge in [-0.05, 0) is 17.9 Å². The van der Waals surface area contributed by atoms with Gasteiger partial charge in [-0.3, -0.25) is 0 Å². The third kappa shape index (κ3) is 4.89. The summed E-state index contributed by atoms with van der Waals surface area (Å²) in [6.45, 7) is 6.77. The lowest BCUT2D eigenvalue weighted by atomic mass is 10.2. The van der Waals surface area contributed by atoms with E-state index >= 15 is 0 Å². The normalized spacial score (nSPS) is 12.1. The van der Waals surface area contributed by atoms with Crippen LogP contribution >= 0.6 is 11.8 Å². The molecule has 0 unspecified atom stereocenters. The van der Waals surface area contributed by atoms with E-state index in [-0.39, 0.29) is 0 Å². The van der Waals surface area contributed by atoms with Gasteiger partial charge in [-0.1, -0.05) is 63.6 Å². The molecule has 0 heterocycles. The number of thioether (sulfide) groups is 1. The molecule has 0 aromatic heterocycles. The number of hydrogen-bond acceptors (Lipinski definition) is 1. The van der Waals surface area contributed by atoms with Crippen molar-refractivity contribution in [3.8, 4) is 0 Å². The van der Waals surface area contributed by atoms with Crippen molar-refractivity contribution in [3.05, 3.63) is 42.0 Å². The molecule has 0 fully saturated rings. The van der Waals surface area contributed by atoms with Crippen molar-refractivity contribution in [2.75, 3.05) is 5.75 Å². The van der Waals surface area contributed by atoms with Crippen molar-refractivity contribution < 1.29 is 0 Å². The van der Waals surface area contributed by atoms with Gasteiger partial charge in [-0.25, -0.2) is 0 Å². The molecule has 0 radical (unpaired) electrons. The molecule has 0 aliphatic rings. The maximum Gasteiger partial charge on any atom is 0.0105 e. The van der Waals surface area contributed by atoms with Crippen LogP contribution < -0.4 is 0 Å². The molecular formula is C15H22S. The van der Waals surface area contributed by atoms with Crippen molar-refractivity contribution in [3.63, 3.8) is 0 Å². The zero-order chi connectivity index (χ0) is 11.8. The largest absolute Gasteiger partial charge is 0.126 e. The van der Waals surface area contributed by atoms with Gasteiger partial charge in [0.05, 0.1) is 0 Å². The van der Waals surface area contributed by atoms with Gasteiger partial charge in [-0.2, -0.15) is 0 Å². The summed E-state index contributed by atoms with van der Waals surface area (Å²) >= 11 is 1.98. The average Bonchev–Trinajstić information content (AvgIpc) is 2.30. The average molecular weight is 234 g/mol. The fraction of sp³-hybridized carbons (Fsp3) is 0.467. The summed E-state index contributed by atoms with van der Waals surface area (Å²) in [5.41, 5.74) is 1.36. The second-order valence-electron chi connectivity index (χ2n) is 4.43. The molecule has 1 aromatic carbocycles. The van der Waals surface area contributed by atoms with Crippen LogP contribution in [0.15, 0.2) is 36.4 Å². The molecule has 0 spiro atoms. The van der Waals surface area contributed by atoms with E-state index in [0.717, 1.165) is 5.92 Å². The molecule has 0 aliphatic carbocycles. The summed E-state index contributed by atoms with van der Waals surface area (Å²) in [7, 11) is 0. The van der Waals surface area contributed by atoms with Crippen LogP contribution in [-0.4, -0.2) is 5.75 Å². The Morgan fingerprint density at radius 2 is 1.94 bits per heavy atom. The fourth-order valence-electron chi connectivity index (χ4n) is 1.39. The van der Waals surface area contributed by atoms with E-state index in [1.165, 1.54) is 29.1 Å². The molecule has 16 heavy (non-hydrogen) atoms. The van der Waals surface area contributed by atoms with Crippen LogP contribution in [-0.2, 0) is 0 Å². The van der Waals surface area contributed by atoms with Crippen LogP contribution in [0.4, 0.5) is 0 Å². The topological polar surface area (TPSA) is 0 Å². The quantitative estimate of drug-likeness (QED) is 0.650. The highest BCUT2D eigenvalue weighted by atomic mass is 32.2. The minimum atomic E-state index is 0.749. The molecule has 0 N–H and O–H groups in total. The molecule has 0 saturated heterocycles. The van der Waals surface area contributed by atoms with Crippen LogP contribution in [0.2, 0.25) is 0 Å². The maximum absolute atomic E-state index is 2.38. The first kappa shape index (κ1) is 13.4. The van der Waals surface area contributed by atoms with Crippen LogP contribution in [0, 0.1) is 5.92 Å². The lowest BCUT2D eigenvalue weighted by Crippen LogP contribution is -1.91. The molecule has 88 valence electrons. The molecule has 0 nitrogen and oxygen atoms in total. The highest BCUT2D eigenvalue weighted by molar-refractivity contribution is 8.08. The molecule has 0 atom stereocenters. The molecule has 1 aromatic rings. The number of rotatable bonds is 6. The highest BCUT2D eigenvalue weighted by Gasteiger charge is 2.03. The number of unbranched alkanes of at least 4 members (excludes halogenated alkanes) is 1. The van der Waals surface area contributed by atoms with Crippen molar-refractivity contribution in [1.29, 1.82) is 0 Å². The smallest absolute Gasteiger partial charge is 0.0105 e. The van der Waals surface area contributed by atoms with E-state index in [4.69, 9.17) is 0 Å². The molecule has 0 bridgehead atoms. The number of allylic oxidation sites excluding steroid dienone is 1. The first-order valence-corrected chi connectivity index (χ1v) is 7.11. The lowest BCUT2D eigenvalue weighted by molar-refractivity contribution is 0.752. The Bertz CT molecular complexity index is 311. The van der Waals surface area contributed by atoms with Crippen molar-refractivity contribution in [1.82, 2.24) is 0 Å². The first-order chi connectivity index (χ1) is 7.74. The van der Waals surface area contributed by atoms with Crippen LogP contribution in [0.5, 0.6) is 0 Å². The Morgan fingerprint density at radius 3 is 2.50 bits per heavy atom. The number of hydrogen-bond donors (Lipinski definition) is 0. The Labute approximate surface area is 104 Å². The summed E-state index contributed by atoms with van der Waals surface area (Å²) < 4.78 is 0. The van der Waals surface area contributed by atoms with Gasteiger partial charge >= 0.3 is 0 Å². The minimum Gasteiger partial charge on any atom is -0.126 e. The Balaban J connectivity index is 2.72. The van der Waals surface area contributed by atoms with Crippen molar-refractivity contribution in [2.45, 2.75) is 33.6 Å². The summed E-state index contributed by atoms with van der Waals surface area (Å²) in [6, 6.07) is 10.7. The summed E-state index contributed by atoms with van der Waals surface area (Å²) in [6.07, 6.45) is 4.77. The minimum absolute atomic E-state index is 0.749. The van der Waals surface area contributed by atoms with Gasteiger partial charge in [0.15, 0.2) is 0 Å². The van der Waals surface area contributed by atoms with E-state index in [9.17, 15) is 0 Å². The lowest BCUT2D eigenvalue weighted by Gasteiger charge is -2.09. The standard InChI is InChI=1S/C15H22S/c1-4-5-11-15(16-12-13(2)3)14-9-7-6-8-10-14/h6-11,13H,4-5,12H2,1-3H3/b15-11-. The second kappa shape index (κ2) is 7.56. The molecule has 0 aliphatic heterocycles. The predicted molar refractivity (Wildman–Crippen MR) is 76.6 cm³/mol. The summed E-state index contributed by atoms with van der Waals surface area (Å²) in [5, 5.41) is 0. The third-order valence-electron chi connectivity index (χ3n) is 2.25. The van der Waals surface area contributed by atoms with Crippen LogP contribution in [0.1, 0.15) is 39.2 Å². The van der Waals surface area contributed by atoms with Gasteiger partial charge < -0.3 is 0 Å². The number of benzene rings is 1. The monoisotopic (exact) mass is 234 g/mol. The molecule has 1 rings (SSSR count). The fourth-order valence-corrected chi connectivity index (χ4v) is 2.45. The second-order valence-corrected chi connectivity index (χ2v) is 5.49. The third-order valence-corrected chi connectivity index (χ3v) is 3.80. The zero-order valence-electron chi connectivity index (χ0n) is 10.6. The summed E-state index contributed by atoms with van der Waals surface area (Å²) in [4.78, 5) is 1.44. The first-order valence-electron chi connectivity index (χ1n) is 6.12. The SMILES string of the molecule is CCC/C=C(\SCC(C)C)c1ccccc1. The van der Waals surface area contributed by atoms with E-state index in [0.29, 0.717) is 0 Å². The van der Waals surface area contributed by atoms with E-state index in [2.05, 4.69) is 57.2 Å². The van der Waals surface area contributed by atoms with E-state index < -0.39 is 0 Å². The van der Waals surface area contributed by atoms with Crippen LogP contribution in [0.3, 0.4) is 0 Å². The van der Waals surface area contributed by atoms with E-state index in [1.54, 1.807) is 0 Å². The highest BCUT2D eigenvalue weighted by Crippen LogP contribution is 2.29. The van der Waals surface area contributed by atoms with Crippen molar-refractivity contribution in [2.24, 2.45) is 5.92 Å². The van der Waals surface area contributed by atoms with E-state index in [1.807, 2.05) is 11.8 Å². The van der Waals surface area contributed by atoms with Crippen molar-refractivity contribution >= 4 is 16.7 Å². The zero-order valence-corrected chi connectivity index (χ0v) is 11.4. The van der Waals surface area contributed by atoms with Gasteiger partial charge in [0.25, 0.3) is 0 Å². The maximum atomic E-state index is 2.38. The Kier molecular flexibility index (Phi) is 6.32. The Hall–Kier alpha value is -0.690. The van der Waals surface area contributed by atoms with Gasteiger partial charge in [0, 0.05) is 10.7 Å². The Morgan fingerprint density at radius 1 is 1.25 bits per heavy atom. The molecule has 0 saturated carbocycles. The predicted octanol–water partition coefficient (Wildman–Crippen LogP) is 5.22. The van der Waals surface area contributed by atoms with Gasteiger partial charge in [0.2, 0.25) is 0 Å². The molecule has 1 heteroatoms. The van der Waals surface area contributed by atoms with Crippen LogP contribution in [0.25, 0.3) is 4.91 Å². The summed E-state index contributed by atoms with van der Waals surface area (Å²) in [5.74, 6) is 1.95. The molecule has 0 amide bonds. The van der Waals surface area contributed by atoms with Gasteiger partial charge in [0.1, 0.15) is 0 Å². The van der Waals surface area contributed by atoms with Gasteiger partial charge in [-0.15, -0.1) is 11.8 Å².